The fourth-order valence-electron chi connectivity index (χ4n) is 3.39. The van der Waals surface area contributed by atoms with Crippen LogP contribution >= 0.6 is 23.2 Å². The maximum atomic E-state index is 12.7. The monoisotopic (exact) mass is 477 g/mol. The summed E-state index contributed by atoms with van der Waals surface area (Å²) < 4.78 is 27.9. The second-order valence-corrected chi connectivity index (χ2v) is 9.68. The number of piperazine rings is 1. The maximum absolute atomic E-state index is 12.7. The van der Waals surface area contributed by atoms with Gasteiger partial charge in [-0.2, -0.15) is 0 Å². The molecule has 1 aliphatic rings. The Kier molecular flexibility index (Phi) is 6.22. The van der Waals surface area contributed by atoms with Gasteiger partial charge >= 0.3 is 0 Å². The minimum atomic E-state index is -3.90. The molecule has 2 aromatic carbocycles. The Hall–Kier alpha value is -2.55. The van der Waals surface area contributed by atoms with Crippen molar-refractivity contribution < 1.29 is 8.42 Å². The van der Waals surface area contributed by atoms with Crippen molar-refractivity contribution in [2.75, 3.05) is 40.7 Å². The first-order chi connectivity index (χ1) is 14.8. The summed E-state index contributed by atoms with van der Waals surface area (Å²) in [5, 5.41) is 0.459. The summed E-state index contributed by atoms with van der Waals surface area (Å²) in [6, 6.07) is 13.1. The molecule has 0 unspecified atom stereocenters. The Morgan fingerprint density at radius 1 is 0.903 bits per heavy atom. The molecule has 1 aromatic heterocycles. The van der Waals surface area contributed by atoms with E-state index < -0.39 is 10.0 Å². The normalized spacial score (nSPS) is 14.5. The lowest BCUT2D eigenvalue weighted by Crippen LogP contribution is -2.47. The largest absolute Gasteiger partial charge is 0.368 e. The summed E-state index contributed by atoms with van der Waals surface area (Å²) >= 11 is 12.1. The van der Waals surface area contributed by atoms with E-state index in [1.165, 1.54) is 30.2 Å². The number of anilines is 3. The van der Waals surface area contributed by atoms with Crippen molar-refractivity contribution in [2.45, 2.75) is 11.8 Å². The minimum Gasteiger partial charge on any atom is -0.368 e. The smallest absolute Gasteiger partial charge is 0.263 e. The summed E-state index contributed by atoms with van der Waals surface area (Å²) in [5.41, 5.74) is 2.08. The van der Waals surface area contributed by atoms with Crippen LogP contribution in [0.15, 0.2) is 59.8 Å². The van der Waals surface area contributed by atoms with Crippen LogP contribution in [0.2, 0.25) is 10.0 Å². The van der Waals surface area contributed by atoms with E-state index in [0.717, 1.165) is 26.2 Å². The van der Waals surface area contributed by atoms with Crippen molar-refractivity contribution in [1.29, 1.82) is 0 Å². The second kappa shape index (κ2) is 8.90. The molecule has 0 atom stereocenters. The van der Waals surface area contributed by atoms with Crippen LogP contribution in [0, 0.1) is 6.92 Å². The van der Waals surface area contributed by atoms with Crippen LogP contribution in [0.1, 0.15) is 5.56 Å². The van der Waals surface area contributed by atoms with Crippen molar-refractivity contribution in [1.82, 2.24) is 9.97 Å². The Bertz CT molecular complexity index is 1170. The highest BCUT2D eigenvalue weighted by Gasteiger charge is 2.22. The van der Waals surface area contributed by atoms with Gasteiger partial charge in [0.2, 0.25) is 5.95 Å². The van der Waals surface area contributed by atoms with Crippen molar-refractivity contribution in [3.8, 4) is 0 Å². The van der Waals surface area contributed by atoms with Crippen LogP contribution in [0.25, 0.3) is 0 Å². The minimum absolute atomic E-state index is 0.0443. The maximum Gasteiger partial charge on any atom is 0.263 e. The molecule has 2 heterocycles. The molecule has 1 N–H and O–H groups in total. The molecular weight excluding hydrogens is 457 g/mol. The predicted molar refractivity (Wildman–Crippen MR) is 125 cm³/mol. The highest BCUT2D eigenvalue weighted by Crippen LogP contribution is 2.29. The first kappa shape index (κ1) is 21.7. The molecule has 0 aliphatic carbocycles. The van der Waals surface area contributed by atoms with E-state index in [-0.39, 0.29) is 15.6 Å². The van der Waals surface area contributed by atoms with E-state index in [0.29, 0.717) is 16.5 Å². The van der Waals surface area contributed by atoms with Gasteiger partial charge in [0, 0.05) is 36.9 Å². The SMILES string of the molecule is Cc1cc(S(=O)(=O)Nc2cnc(N3CCN(c4ccccc4)CC3)nc2)c(Cl)cc1Cl. The third-order valence-electron chi connectivity index (χ3n) is 5.08. The lowest BCUT2D eigenvalue weighted by atomic mass is 10.2. The fourth-order valence-corrected chi connectivity index (χ4v) is 5.25. The van der Waals surface area contributed by atoms with Crippen LogP contribution in [0.4, 0.5) is 17.3 Å². The van der Waals surface area contributed by atoms with Gasteiger partial charge < -0.3 is 9.80 Å². The van der Waals surface area contributed by atoms with E-state index in [1.807, 2.05) is 18.2 Å². The van der Waals surface area contributed by atoms with Gasteiger partial charge in [0.25, 0.3) is 10.0 Å². The second-order valence-electron chi connectivity index (χ2n) is 7.22. The number of nitrogens with zero attached hydrogens (tertiary/aromatic N) is 4. The lowest BCUT2D eigenvalue weighted by molar-refractivity contribution is 0.601. The number of para-hydroxylation sites is 1. The number of nitrogens with one attached hydrogen (secondary N) is 1. The fraction of sp³-hybridized carbons (Fsp3) is 0.238. The third-order valence-corrected chi connectivity index (χ3v) is 7.33. The highest BCUT2D eigenvalue weighted by atomic mass is 35.5. The van der Waals surface area contributed by atoms with Crippen LogP contribution in [0.5, 0.6) is 0 Å². The summed E-state index contributed by atoms with van der Waals surface area (Å²) in [5.74, 6) is 0.566. The molecule has 10 heteroatoms. The van der Waals surface area contributed by atoms with E-state index in [4.69, 9.17) is 23.2 Å². The van der Waals surface area contributed by atoms with Gasteiger partial charge in [0.15, 0.2) is 0 Å². The number of aryl methyl sites for hydroxylation is 1. The van der Waals surface area contributed by atoms with Gasteiger partial charge in [-0.1, -0.05) is 41.4 Å². The predicted octanol–water partition coefficient (Wildman–Crippen LogP) is 4.22. The average Bonchev–Trinajstić information content (AvgIpc) is 2.77. The van der Waals surface area contributed by atoms with Gasteiger partial charge in [-0.3, -0.25) is 4.72 Å². The van der Waals surface area contributed by atoms with E-state index in [1.54, 1.807) is 6.92 Å². The van der Waals surface area contributed by atoms with Crippen molar-refractivity contribution in [2.24, 2.45) is 0 Å². The third kappa shape index (κ3) is 4.87. The van der Waals surface area contributed by atoms with Crippen LogP contribution < -0.4 is 14.5 Å². The molecule has 0 saturated carbocycles. The van der Waals surface area contributed by atoms with Gasteiger partial charge in [0.1, 0.15) is 4.90 Å². The molecule has 3 aromatic rings. The number of rotatable bonds is 5. The van der Waals surface area contributed by atoms with E-state index in [2.05, 4.69) is 36.6 Å². The molecule has 0 bridgehead atoms. The summed E-state index contributed by atoms with van der Waals surface area (Å²) in [4.78, 5) is 13.0. The van der Waals surface area contributed by atoms with E-state index in [9.17, 15) is 8.42 Å². The Balaban J connectivity index is 1.42. The molecule has 1 saturated heterocycles. The topological polar surface area (TPSA) is 78.4 Å². The van der Waals surface area contributed by atoms with Crippen molar-refractivity contribution >= 4 is 50.5 Å². The number of hydrogen-bond donors (Lipinski definition) is 1. The average molecular weight is 478 g/mol. The van der Waals surface area contributed by atoms with Crippen molar-refractivity contribution in [3.05, 3.63) is 70.5 Å². The van der Waals surface area contributed by atoms with Gasteiger partial charge in [0.05, 0.1) is 23.1 Å². The van der Waals surface area contributed by atoms with Crippen molar-refractivity contribution in [3.63, 3.8) is 0 Å². The molecule has 0 spiro atoms. The number of aromatic nitrogens is 2. The number of halogens is 2. The molecule has 4 rings (SSSR count). The molecule has 0 amide bonds. The standard InChI is InChI=1S/C21H21Cl2N5O2S/c1-15-11-20(19(23)12-18(15)22)31(29,30)26-16-13-24-21(25-14-16)28-9-7-27(8-10-28)17-5-3-2-4-6-17/h2-6,11-14,26H,7-10H2,1H3. The van der Waals surface area contributed by atoms with Crippen LogP contribution in [-0.2, 0) is 10.0 Å². The quantitative estimate of drug-likeness (QED) is 0.592. The Labute approximate surface area is 191 Å². The number of hydrogen-bond acceptors (Lipinski definition) is 6. The van der Waals surface area contributed by atoms with Gasteiger partial charge in [-0.25, -0.2) is 18.4 Å². The molecule has 1 aliphatic heterocycles. The molecular formula is C21H21Cl2N5O2S. The van der Waals surface area contributed by atoms with Gasteiger partial charge in [-0.15, -0.1) is 0 Å². The zero-order chi connectivity index (χ0) is 22.0. The number of benzene rings is 2. The first-order valence-electron chi connectivity index (χ1n) is 9.69. The number of sulfonamides is 1. The summed E-state index contributed by atoms with van der Waals surface area (Å²) in [7, 11) is -3.90. The molecule has 1 fully saturated rings. The first-order valence-corrected chi connectivity index (χ1v) is 11.9. The molecule has 162 valence electrons. The van der Waals surface area contributed by atoms with Crippen LogP contribution in [-0.4, -0.2) is 44.6 Å². The molecule has 7 nitrogen and oxygen atoms in total. The van der Waals surface area contributed by atoms with E-state index >= 15 is 0 Å². The summed E-state index contributed by atoms with van der Waals surface area (Å²) in [6.07, 6.45) is 2.92. The molecule has 31 heavy (non-hydrogen) atoms. The highest BCUT2D eigenvalue weighted by molar-refractivity contribution is 7.92. The molecule has 0 radical (unpaired) electrons. The zero-order valence-corrected chi connectivity index (χ0v) is 19.1. The Morgan fingerprint density at radius 3 is 2.16 bits per heavy atom. The Morgan fingerprint density at radius 2 is 1.52 bits per heavy atom. The summed E-state index contributed by atoms with van der Waals surface area (Å²) in [6.45, 7) is 4.98. The van der Waals surface area contributed by atoms with Crippen LogP contribution in [0.3, 0.4) is 0 Å². The zero-order valence-electron chi connectivity index (χ0n) is 16.8. The van der Waals surface area contributed by atoms with Gasteiger partial charge in [-0.05, 0) is 36.8 Å². The lowest BCUT2D eigenvalue weighted by Gasteiger charge is -2.36.